The first-order valence-electron chi connectivity index (χ1n) is 7.44. The van der Waals surface area contributed by atoms with Gasteiger partial charge >= 0.3 is 0 Å². The summed E-state index contributed by atoms with van der Waals surface area (Å²) in [5, 5.41) is 0.875. The van der Waals surface area contributed by atoms with Crippen LogP contribution in [0.15, 0.2) is 18.2 Å². The summed E-state index contributed by atoms with van der Waals surface area (Å²) >= 11 is 6.37. The topological polar surface area (TPSA) is 29.3 Å². The average molecular weight is 279 g/mol. The summed E-state index contributed by atoms with van der Waals surface area (Å²) in [5.74, 6) is 1.89. The first-order valence-corrected chi connectivity index (χ1v) is 7.82. The number of halogens is 1. The maximum Gasteiger partial charge on any atom is 0.0454 e. The van der Waals surface area contributed by atoms with E-state index in [0.717, 1.165) is 29.0 Å². The van der Waals surface area contributed by atoms with Gasteiger partial charge in [-0.1, -0.05) is 23.7 Å². The predicted octanol–water partition coefficient (Wildman–Crippen LogP) is 3.42. The molecule has 19 heavy (non-hydrogen) atoms. The van der Waals surface area contributed by atoms with Crippen LogP contribution in [0, 0.1) is 11.8 Å². The van der Waals surface area contributed by atoms with Gasteiger partial charge < -0.3 is 5.73 Å². The fourth-order valence-electron chi connectivity index (χ4n) is 2.62. The normalized spacial score (nSPS) is 19.1. The lowest BCUT2D eigenvalue weighted by molar-refractivity contribution is 0.244. The van der Waals surface area contributed by atoms with Gasteiger partial charge in [-0.05, 0) is 54.7 Å². The van der Waals surface area contributed by atoms with E-state index in [-0.39, 0.29) is 0 Å². The molecule has 2 N–H and O–H groups in total. The molecule has 0 aromatic heterocycles. The standard InChI is InChI=1S/C16H23ClN2/c17-16-7-14(8-18)5-6-15(16)11-19(9-12-1-2-12)10-13-3-4-13/h5-7,12-13H,1-4,8-11,18H2. The molecule has 0 saturated heterocycles. The van der Waals surface area contributed by atoms with Crippen molar-refractivity contribution in [2.75, 3.05) is 13.1 Å². The number of nitrogens with two attached hydrogens (primary N) is 1. The fraction of sp³-hybridized carbons (Fsp3) is 0.625. The lowest BCUT2D eigenvalue weighted by atomic mass is 10.1. The highest BCUT2D eigenvalue weighted by molar-refractivity contribution is 6.31. The molecule has 0 amide bonds. The Bertz CT molecular complexity index is 424. The van der Waals surface area contributed by atoms with Crippen LogP contribution in [0.1, 0.15) is 36.8 Å². The lowest BCUT2D eigenvalue weighted by Crippen LogP contribution is -2.28. The van der Waals surface area contributed by atoms with Crippen LogP contribution in [-0.4, -0.2) is 18.0 Å². The van der Waals surface area contributed by atoms with Crippen molar-refractivity contribution in [3.05, 3.63) is 34.3 Å². The fourth-order valence-corrected chi connectivity index (χ4v) is 2.88. The maximum absolute atomic E-state index is 6.37. The second-order valence-electron chi connectivity index (χ2n) is 6.21. The number of rotatable bonds is 7. The summed E-state index contributed by atoms with van der Waals surface area (Å²) in [6.07, 6.45) is 5.67. The molecule has 0 heterocycles. The van der Waals surface area contributed by atoms with E-state index in [1.165, 1.54) is 44.3 Å². The van der Waals surface area contributed by atoms with Gasteiger partial charge in [0.25, 0.3) is 0 Å². The molecule has 2 aliphatic carbocycles. The van der Waals surface area contributed by atoms with Crippen LogP contribution in [0.4, 0.5) is 0 Å². The Morgan fingerprint density at radius 2 is 1.74 bits per heavy atom. The summed E-state index contributed by atoms with van der Waals surface area (Å²) in [6, 6.07) is 6.27. The van der Waals surface area contributed by atoms with E-state index in [4.69, 9.17) is 17.3 Å². The minimum atomic E-state index is 0.563. The van der Waals surface area contributed by atoms with E-state index >= 15 is 0 Å². The summed E-state index contributed by atoms with van der Waals surface area (Å²) < 4.78 is 0. The van der Waals surface area contributed by atoms with Crippen LogP contribution >= 0.6 is 11.6 Å². The van der Waals surface area contributed by atoms with Gasteiger partial charge in [-0.2, -0.15) is 0 Å². The molecule has 3 heteroatoms. The Kier molecular flexibility index (Phi) is 4.11. The lowest BCUT2D eigenvalue weighted by Gasteiger charge is -2.23. The molecule has 2 nitrogen and oxygen atoms in total. The van der Waals surface area contributed by atoms with E-state index in [0.29, 0.717) is 6.54 Å². The van der Waals surface area contributed by atoms with Gasteiger partial charge in [0.15, 0.2) is 0 Å². The highest BCUT2D eigenvalue weighted by Crippen LogP contribution is 2.34. The van der Waals surface area contributed by atoms with Crippen LogP contribution in [0.3, 0.4) is 0 Å². The Morgan fingerprint density at radius 3 is 2.21 bits per heavy atom. The number of hydrogen-bond donors (Lipinski definition) is 1. The molecule has 1 aromatic carbocycles. The van der Waals surface area contributed by atoms with Gasteiger partial charge in [0, 0.05) is 31.2 Å². The van der Waals surface area contributed by atoms with Crippen molar-refractivity contribution in [1.29, 1.82) is 0 Å². The molecule has 104 valence electrons. The Labute approximate surface area is 120 Å². The second kappa shape index (κ2) is 5.82. The van der Waals surface area contributed by atoms with Crippen molar-refractivity contribution >= 4 is 11.6 Å². The number of hydrogen-bond acceptors (Lipinski definition) is 2. The molecular formula is C16H23ClN2. The van der Waals surface area contributed by atoms with Gasteiger partial charge in [-0.15, -0.1) is 0 Å². The summed E-state index contributed by atoms with van der Waals surface area (Å²) in [6.45, 7) is 4.07. The number of benzene rings is 1. The van der Waals surface area contributed by atoms with Crippen molar-refractivity contribution in [2.24, 2.45) is 17.6 Å². The zero-order valence-electron chi connectivity index (χ0n) is 11.4. The molecule has 0 atom stereocenters. The average Bonchev–Trinajstić information content (AvgIpc) is 3.27. The van der Waals surface area contributed by atoms with E-state index in [1.54, 1.807) is 0 Å². The molecule has 0 aliphatic heterocycles. The molecule has 2 fully saturated rings. The van der Waals surface area contributed by atoms with Gasteiger partial charge in [0.05, 0.1) is 0 Å². The minimum absolute atomic E-state index is 0.563. The highest BCUT2D eigenvalue weighted by atomic mass is 35.5. The summed E-state index contributed by atoms with van der Waals surface area (Å²) in [4.78, 5) is 2.61. The Balaban J connectivity index is 1.65. The maximum atomic E-state index is 6.37. The van der Waals surface area contributed by atoms with E-state index in [9.17, 15) is 0 Å². The first kappa shape index (κ1) is 13.4. The summed E-state index contributed by atoms with van der Waals surface area (Å²) in [7, 11) is 0. The van der Waals surface area contributed by atoms with Crippen LogP contribution in [0.5, 0.6) is 0 Å². The Hall–Kier alpha value is -0.570. The third-order valence-corrected chi connectivity index (χ3v) is 4.53. The minimum Gasteiger partial charge on any atom is -0.326 e. The third kappa shape index (κ3) is 3.95. The van der Waals surface area contributed by atoms with Gasteiger partial charge in [0.1, 0.15) is 0 Å². The van der Waals surface area contributed by atoms with Crippen molar-refractivity contribution in [2.45, 2.75) is 38.8 Å². The van der Waals surface area contributed by atoms with Crippen LogP contribution in [0.2, 0.25) is 5.02 Å². The Morgan fingerprint density at radius 1 is 1.11 bits per heavy atom. The third-order valence-electron chi connectivity index (χ3n) is 4.17. The van der Waals surface area contributed by atoms with Crippen molar-refractivity contribution < 1.29 is 0 Å². The molecule has 0 bridgehead atoms. The quantitative estimate of drug-likeness (QED) is 0.828. The highest BCUT2D eigenvalue weighted by Gasteiger charge is 2.29. The van der Waals surface area contributed by atoms with Crippen molar-refractivity contribution in [1.82, 2.24) is 4.90 Å². The van der Waals surface area contributed by atoms with E-state index in [1.807, 2.05) is 6.07 Å². The molecule has 3 rings (SSSR count). The predicted molar refractivity (Wildman–Crippen MR) is 80.1 cm³/mol. The van der Waals surface area contributed by atoms with Crippen LogP contribution < -0.4 is 5.73 Å². The van der Waals surface area contributed by atoms with Crippen molar-refractivity contribution in [3.63, 3.8) is 0 Å². The zero-order valence-corrected chi connectivity index (χ0v) is 12.2. The molecule has 2 aliphatic rings. The first-order chi connectivity index (χ1) is 9.24. The van der Waals surface area contributed by atoms with E-state index < -0.39 is 0 Å². The zero-order chi connectivity index (χ0) is 13.2. The summed E-state index contributed by atoms with van der Waals surface area (Å²) in [5.41, 5.74) is 8.01. The SMILES string of the molecule is NCc1ccc(CN(CC2CC2)CC2CC2)c(Cl)c1. The molecule has 2 saturated carbocycles. The van der Waals surface area contributed by atoms with Gasteiger partial charge in [-0.3, -0.25) is 4.90 Å². The molecule has 0 unspecified atom stereocenters. The second-order valence-corrected chi connectivity index (χ2v) is 6.62. The van der Waals surface area contributed by atoms with Crippen LogP contribution in [0.25, 0.3) is 0 Å². The molecular weight excluding hydrogens is 256 g/mol. The largest absolute Gasteiger partial charge is 0.326 e. The van der Waals surface area contributed by atoms with Crippen LogP contribution in [-0.2, 0) is 13.1 Å². The smallest absolute Gasteiger partial charge is 0.0454 e. The van der Waals surface area contributed by atoms with E-state index in [2.05, 4.69) is 17.0 Å². The molecule has 1 aromatic rings. The monoisotopic (exact) mass is 278 g/mol. The van der Waals surface area contributed by atoms with Crippen molar-refractivity contribution in [3.8, 4) is 0 Å². The molecule has 0 radical (unpaired) electrons. The van der Waals surface area contributed by atoms with Gasteiger partial charge in [0.2, 0.25) is 0 Å². The number of nitrogens with zero attached hydrogens (tertiary/aromatic N) is 1. The van der Waals surface area contributed by atoms with Gasteiger partial charge in [-0.25, -0.2) is 0 Å². The molecule has 0 spiro atoms.